The van der Waals surface area contributed by atoms with E-state index in [0.717, 1.165) is 12.0 Å². The lowest BCUT2D eigenvalue weighted by atomic mass is 9.98. The smallest absolute Gasteiger partial charge is 0.287 e. The van der Waals surface area contributed by atoms with Gasteiger partial charge in [-0.25, -0.2) is 0 Å². The molecule has 0 fully saturated rings. The second-order valence-corrected chi connectivity index (χ2v) is 5.49. The first-order valence-electron chi connectivity index (χ1n) is 7.53. The van der Waals surface area contributed by atoms with Crippen LogP contribution in [0.3, 0.4) is 0 Å². The number of amides is 1. The van der Waals surface area contributed by atoms with Crippen molar-refractivity contribution in [1.82, 2.24) is 10.3 Å². The molecule has 1 amide bonds. The molecule has 0 aliphatic heterocycles. The quantitative estimate of drug-likeness (QED) is 0.849. The van der Waals surface area contributed by atoms with Crippen LogP contribution in [-0.2, 0) is 0 Å². The molecule has 0 saturated carbocycles. The summed E-state index contributed by atoms with van der Waals surface area (Å²) in [6, 6.07) is 7.01. The van der Waals surface area contributed by atoms with Crippen LogP contribution in [0.4, 0.5) is 0 Å². The van der Waals surface area contributed by atoms with E-state index in [-0.39, 0.29) is 17.7 Å². The molecule has 0 aliphatic carbocycles. The molecule has 5 nitrogen and oxygen atoms in total. The summed E-state index contributed by atoms with van der Waals surface area (Å²) in [4.78, 5) is 16.5. The van der Waals surface area contributed by atoms with Gasteiger partial charge in [0.1, 0.15) is 0 Å². The third-order valence-electron chi connectivity index (χ3n) is 3.19. The van der Waals surface area contributed by atoms with Gasteiger partial charge in [-0.1, -0.05) is 19.9 Å². The fraction of sp³-hybridized carbons (Fsp3) is 0.412. The first kappa shape index (κ1) is 16.1. The second-order valence-electron chi connectivity index (χ2n) is 5.49. The number of hydrogen-bond donors (Lipinski definition) is 1. The molecule has 1 atom stereocenters. The predicted octanol–water partition coefficient (Wildman–Crippen LogP) is 3.59. The highest BCUT2D eigenvalue weighted by Crippen LogP contribution is 2.22. The van der Waals surface area contributed by atoms with Crippen molar-refractivity contribution < 1.29 is 13.9 Å². The van der Waals surface area contributed by atoms with E-state index in [4.69, 9.17) is 9.15 Å². The van der Waals surface area contributed by atoms with Crippen molar-refractivity contribution >= 4 is 5.91 Å². The zero-order valence-corrected chi connectivity index (χ0v) is 13.2. The van der Waals surface area contributed by atoms with Crippen molar-refractivity contribution in [3.05, 3.63) is 48.0 Å². The first-order chi connectivity index (χ1) is 10.6. The van der Waals surface area contributed by atoms with Crippen LogP contribution in [0.5, 0.6) is 5.95 Å². The van der Waals surface area contributed by atoms with Crippen molar-refractivity contribution in [2.45, 2.75) is 33.2 Å². The fourth-order valence-electron chi connectivity index (χ4n) is 2.22. The molecular formula is C17H22N2O3. The first-order valence-corrected chi connectivity index (χ1v) is 7.53. The Balaban J connectivity index is 2.10. The minimum Gasteiger partial charge on any atom is -0.465 e. The summed E-state index contributed by atoms with van der Waals surface area (Å²) < 4.78 is 10.6. The number of ether oxygens (including phenoxy) is 1. The number of nitrogens with one attached hydrogen (secondary N) is 1. The Bertz CT molecular complexity index is 593. The van der Waals surface area contributed by atoms with Crippen LogP contribution in [0, 0.1) is 5.92 Å². The highest BCUT2D eigenvalue weighted by Gasteiger charge is 2.19. The lowest BCUT2D eigenvalue weighted by Gasteiger charge is -2.20. The molecule has 22 heavy (non-hydrogen) atoms. The van der Waals surface area contributed by atoms with Crippen molar-refractivity contribution in [2.24, 2.45) is 5.92 Å². The highest BCUT2D eigenvalue weighted by atomic mass is 16.6. The van der Waals surface area contributed by atoms with Gasteiger partial charge in [0.05, 0.1) is 12.6 Å². The third kappa shape index (κ3) is 4.35. The van der Waals surface area contributed by atoms with Gasteiger partial charge in [0, 0.05) is 18.5 Å². The van der Waals surface area contributed by atoms with Crippen LogP contribution in [-0.4, -0.2) is 17.5 Å². The molecule has 0 bridgehead atoms. The molecule has 118 valence electrons. The number of carbonyl (C=O) groups is 1. The van der Waals surface area contributed by atoms with E-state index < -0.39 is 0 Å². The summed E-state index contributed by atoms with van der Waals surface area (Å²) in [6.07, 6.45) is 4.33. The van der Waals surface area contributed by atoms with Gasteiger partial charge in [-0.3, -0.25) is 9.78 Å². The topological polar surface area (TPSA) is 64.4 Å². The largest absolute Gasteiger partial charge is 0.465 e. The third-order valence-corrected chi connectivity index (χ3v) is 3.19. The molecule has 0 spiro atoms. The lowest BCUT2D eigenvalue weighted by molar-refractivity contribution is 0.0895. The standard InChI is InChI=1S/C17H22N2O3/c1-4-21-16-8-7-15(22-16)17(20)19-14(10-12(2)3)13-6-5-9-18-11-13/h5-9,11-12,14H,4,10H2,1-3H3,(H,19,20)/t14-/m1/s1. The van der Waals surface area contributed by atoms with Crippen molar-refractivity contribution in [3.63, 3.8) is 0 Å². The van der Waals surface area contributed by atoms with Gasteiger partial charge in [-0.15, -0.1) is 0 Å². The number of furan rings is 1. The maximum absolute atomic E-state index is 12.3. The summed E-state index contributed by atoms with van der Waals surface area (Å²) in [7, 11) is 0. The molecular weight excluding hydrogens is 280 g/mol. The van der Waals surface area contributed by atoms with Crippen molar-refractivity contribution in [3.8, 4) is 5.95 Å². The van der Waals surface area contributed by atoms with Crippen LogP contribution >= 0.6 is 0 Å². The van der Waals surface area contributed by atoms with Crippen molar-refractivity contribution in [2.75, 3.05) is 6.61 Å². The van der Waals surface area contributed by atoms with E-state index >= 15 is 0 Å². The van der Waals surface area contributed by atoms with Gasteiger partial charge in [0.2, 0.25) is 0 Å². The Hall–Kier alpha value is -2.30. The molecule has 0 aliphatic rings. The van der Waals surface area contributed by atoms with Gasteiger partial charge >= 0.3 is 0 Å². The zero-order valence-electron chi connectivity index (χ0n) is 13.2. The number of rotatable bonds is 7. The number of carbonyl (C=O) groups excluding carboxylic acids is 1. The Labute approximate surface area is 130 Å². The molecule has 2 aromatic heterocycles. The summed E-state index contributed by atoms with van der Waals surface area (Å²) in [5, 5.41) is 3.01. The van der Waals surface area contributed by atoms with Gasteiger partial charge in [0.15, 0.2) is 5.76 Å². The summed E-state index contributed by atoms with van der Waals surface area (Å²) in [5.41, 5.74) is 0.987. The summed E-state index contributed by atoms with van der Waals surface area (Å²) in [5.74, 6) is 0.803. The van der Waals surface area contributed by atoms with E-state index in [0.29, 0.717) is 18.5 Å². The predicted molar refractivity (Wildman–Crippen MR) is 83.8 cm³/mol. The maximum Gasteiger partial charge on any atom is 0.287 e. The highest BCUT2D eigenvalue weighted by molar-refractivity contribution is 5.91. The van der Waals surface area contributed by atoms with Crippen LogP contribution in [0.2, 0.25) is 0 Å². The SMILES string of the molecule is CCOc1ccc(C(=O)N[C@H](CC(C)C)c2cccnc2)o1. The maximum atomic E-state index is 12.3. The Morgan fingerprint density at radius 1 is 1.36 bits per heavy atom. The zero-order chi connectivity index (χ0) is 15.9. The number of nitrogens with zero attached hydrogens (tertiary/aromatic N) is 1. The van der Waals surface area contributed by atoms with Crippen LogP contribution in [0.25, 0.3) is 0 Å². The lowest BCUT2D eigenvalue weighted by Crippen LogP contribution is -2.29. The molecule has 0 saturated heterocycles. The monoisotopic (exact) mass is 302 g/mol. The van der Waals surface area contributed by atoms with E-state index in [1.807, 2.05) is 19.1 Å². The van der Waals surface area contributed by atoms with E-state index in [9.17, 15) is 4.79 Å². The number of hydrogen-bond acceptors (Lipinski definition) is 4. The Kier molecular flexibility index (Phi) is 5.58. The van der Waals surface area contributed by atoms with Crippen LogP contribution < -0.4 is 10.1 Å². The van der Waals surface area contributed by atoms with E-state index in [1.165, 1.54) is 0 Å². The number of pyridine rings is 1. The minimum atomic E-state index is -0.250. The Morgan fingerprint density at radius 2 is 2.18 bits per heavy atom. The average molecular weight is 302 g/mol. The molecule has 2 heterocycles. The minimum absolute atomic E-state index is 0.0955. The Morgan fingerprint density at radius 3 is 2.82 bits per heavy atom. The van der Waals surface area contributed by atoms with Crippen LogP contribution in [0.1, 0.15) is 49.4 Å². The molecule has 1 N–H and O–H groups in total. The average Bonchev–Trinajstić information content (AvgIpc) is 2.96. The molecule has 2 aromatic rings. The fourth-order valence-corrected chi connectivity index (χ4v) is 2.22. The van der Waals surface area contributed by atoms with Gasteiger partial charge in [-0.05, 0) is 37.0 Å². The van der Waals surface area contributed by atoms with Gasteiger partial charge < -0.3 is 14.5 Å². The van der Waals surface area contributed by atoms with Crippen LogP contribution in [0.15, 0.2) is 41.1 Å². The molecule has 0 unspecified atom stereocenters. The molecule has 2 rings (SSSR count). The molecule has 5 heteroatoms. The van der Waals surface area contributed by atoms with E-state index in [2.05, 4.69) is 24.1 Å². The molecule has 0 radical (unpaired) electrons. The van der Waals surface area contributed by atoms with Gasteiger partial charge in [-0.2, -0.15) is 0 Å². The summed E-state index contributed by atoms with van der Waals surface area (Å²) >= 11 is 0. The van der Waals surface area contributed by atoms with Crippen molar-refractivity contribution in [1.29, 1.82) is 0 Å². The number of aromatic nitrogens is 1. The second kappa shape index (κ2) is 7.64. The normalized spacial score (nSPS) is 12.2. The molecule has 0 aromatic carbocycles. The van der Waals surface area contributed by atoms with Gasteiger partial charge in [0.25, 0.3) is 11.9 Å². The van der Waals surface area contributed by atoms with E-state index in [1.54, 1.807) is 24.5 Å². The summed E-state index contributed by atoms with van der Waals surface area (Å²) in [6.45, 7) is 6.61.